The summed E-state index contributed by atoms with van der Waals surface area (Å²) in [5.74, 6) is 0.747. The number of aromatic nitrogens is 2. The highest BCUT2D eigenvalue weighted by atomic mass is 15.2. The number of nitrogens with zero attached hydrogens (tertiary/aromatic N) is 3. The van der Waals surface area contributed by atoms with E-state index in [-0.39, 0.29) is 0 Å². The Morgan fingerprint density at radius 1 is 1.39 bits per heavy atom. The predicted octanol–water partition coefficient (Wildman–Crippen LogP) is 1.28. The lowest BCUT2D eigenvalue weighted by atomic mass is 10.1. The molecule has 2 rings (SSSR count). The average Bonchev–Trinajstić information content (AvgIpc) is 2.96. The van der Waals surface area contributed by atoms with Crippen molar-refractivity contribution in [3.63, 3.8) is 0 Å². The lowest BCUT2D eigenvalue weighted by molar-refractivity contribution is 0.283. The molecule has 1 fully saturated rings. The third-order valence-corrected chi connectivity index (χ3v) is 3.61. The second-order valence-corrected chi connectivity index (χ2v) is 5.59. The first-order chi connectivity index (χ1) is 8.74. The maximum Gasteiger partial charge on any atom is 0.0522 e. The molecular formula is C14H26N4. The zero-order valence-corrected chi connectivity index (χ0v) is 11.7. The molecule has 2 heterocycles. The van der Waals surface area contributed by atoms with E-state index in [1.807, 2.05) is 17.9 Å². The highest BCUT2D eigenvalue weighted by molar-refractivity contribution is 5.03. The van der Waals surface area contributed by atoms with Gasteiger partial charge in [0.2, 0.25) is 0 Å². The Bertz CT molecular complexity index is 341. The van der Waals surface area contributed by atoms with Crippen LogP contribution in [0.4, 0.5) is 0 Å². The molecule has 0 aliphatic carbocycles. The molecule has 4 nitrogen and oxygen atoms in total. The van der Waals surface area contributed by atoms with Gasteiger partial charge in [0, 0.05) is 19.8 Å². The van der Waals surface area contributed by atoms with Crippen LogP contribution in [0.1, 0.15) is 25.3 Å². The van der Waals surface area contributed by atoms with Crippen molar-refractivity contribution in [3.8, 4) is 0 Å². The zero-order valence-electron chi connectivity index (χ0n) is 11.7. The molecule has 1 saturated heterocycles. The second kappa shape index (κ2) is 6.90. The van der Waals surface area contributed by atoms with E-state index in [1.54, 1.807) is 0 Å². The van der Waals surface area contributed by atoms with Gasteiger partial charge in [0.05, 0.1) is 6.20 Å². The molecule has 1 N–H and O–H groups in total. The molecule has 102 valence electrons. The third kappa shape index (κ3) is 4.42. The van der Waals surface area contributed by atoms with Crippen LogP contribution in [0.2, 0.25) is 0 Å². The summed E-state index contributed by atoms with van der Waals surface area (Å²) < 4.78 is 1.87. The highest BCUT2D eigenvalue weighted by Crippen LogP contribution is 2.09. The molecule has 0 saturated carbocycles. The highest BCUT2D eigenvalue weighted by Gasteiger charge is 2.14. The van der Waals surface area contributed by atoms with Crippen LogP contribution in [-0.2, 0) is 13.5 Å². The molecule has 0 radical (unpaired) electrons. The first-order valence-corrected chi connectivity index (χ1v) is 7.14. The first kappa shape index (κ1) is 13.6. The summed E-state index contributed by atoms with van der Waals surface area (Å²) in [5.41, 5.74) is 1.32. The van der Waals surface area contributed by atoms with Crippen LogP contribution in [0.25, 0.3) is 0 Å². The van der Waals surface area contributed by atoms with Gasteiger partial charge in [-0.2, -0.15) is 5.10 Å². The Hall–Kier alpha value is -0.870. The maximum atomic E-state index is 4.18. The number of hydrogen-bond acceptors (Lipinski definition) is 3. The Labute approximate surface area is 110 Å². The van der Waals surface area contributed by atoms with Crippen molar-refractivity contribution in [2.75, 3.05) is 32.7 Å². The number of likely N-dealkylation sites (tertiary alicyclic amines) is 1. The number of rotatable bonds is 7. The van der Waals surface area contributed by atoms with Crippen molar-refractivity contribution >= 4 is 0 Å². The Kier molecular flexibility index (Phi) is 5.20. The molecule has 1 aromatic heterocycles. The summed E-state index contributed by atoms with van der Waals surface area (Å²) in [4.78, 5) is 2.59. The second-order valence-electron chi connectivity index (χ2n) is 5.59. The minimum atomic E-state index is 0.747. The van der Waals surface area contributed by atoms with Crippen molar-refractivity contribution in [2.24, 2.45) is 13.0 Å². The third-order valence-electron chi connectivity index (χ3n) is 3.61. The predicted molar refractivity (Wildman–Crippen MR) is 74.6 cm³/mol. The molecule has 18 heavy (non-hydrogen) atoms. The van der Waals surface area contributed by atoms with Gasteiger partial charge in [0.15, 0.2) is 0 Å². The maximum absolute atomic E-state index is 4.18. The molecule has 0 bridgehead atoms. The standard InChI is InChI=1S/C14H26N4/c1-13(11-18-7-3-4-8-18)9-15-6-5-14-10-16-17(2)12-14/h10,12-13,15H,3-9,11H2,1-2H3. The average molecular weight is 250 g/mol. The Morgan fingerprint density at radius 3 is 2.83 bits per heavy atom. The smallest absolute Gasteiger partial charge is 0.0522 e. The van der Waals surface area contributed by atoms with E-state index >= 15 is 0 Å². The van der Waals surface area contributed by atoms with E-state index in [0.29, 0.717) is 0 Å². The molecule has 4 heteroatoms. The number of nitrogens with one attached hydrogen (secondary N) is 1. The van der Waals surface area contributed by atoms with E-state index in [2.05, 4.69) is 28.4 Å². The first-order valence-electron chi connectivity index (χ1n) is 7.14. The van der Waals surface area contributed by atoms with Crippen LogP contribution >= 0.6 is 0 Å². The summed E-state index contributed by atoms with van der Waals surface area (Å²) in [5, 5.41) is 7.73. The molecule has 0 aromatic carbocycles. The van der Waals surface area contributed by atoms with Crippen LogP contribution in [0, 0.1) is 5.92 Å². The van der Waals surface area contributed by atoms with Crippen LogP contribution in [0.5, 0.6) is 0 Å². The van der Waals surface area contributed by atoms with Gasteiger partial charge in [0.1, 0.15) is 0 Å². The minimum absolute atomic E-state index is 0.747. The van der Waals surface area contributed by atoms with Gasteiger partial charge >= 0.3 is 0 Å². The fourth-order valence-electron chi connectivity index (χ4n) is 2.65. The fourth-order valence-corrected chi connectivity index (χ4v) is 2.65. The molecular weight excluding hydrogens is 224 g/mol. The lowest BCUT2D eigenvalue weighted by Crippen LogP contribution is -2.32. The fraction of sp³-hybridized carbons (Fsp3) is 0.786. The molecule has 1 aliphatic heterocycles. The monoisotopic (exact) mass is 250 g/mol. The van der Waals surface area contributed by atoms with Gasteiger partial charge in [-0.15, -0.1) is 0 Å². The van der Waals surface area contributed by atoms with Gasteiger partial charge in [-0.05, 0) is 56.9 Å². The van der Waals surface area contributed by atoms with Gasteiger partial charge in [-0.1, -0.05) is 6.92 Å². The lowest BCUT2D eigenvalue weighted by Gasteiger charge is -2.20. The molecule has 1 aliphatic rings. The minimum Gasteiger partial charge on any atom is -0.316 e. The topological polar surface area (TPSA) is 33.1 Å². The van der Waals surface area contributed by atoms with Crippen molar-refractivity contribution in [3.05, 3.63) is 18.0 Å². The molecule has 1 atom stereocenters. The van der Waals surface area contributed by atoms with Crippen molar-refractivity contribution in [1.29, 1.82) is 0 Å². The van der Waals surface area contributed by atoms with Gasteiger partial charge in [-0.3, -0.25) is 4.68 Å². The van der Waals surface area contributed by atoms with E-state index in [9.17, 15) is 0 Å². The van der Waals surface area contributed by atoms with Crippen LogP contribution in [0.3, 0.4) is 0 Å². The normalized spacial score (nSPS) is 18.3. The Morgan fingerprint density at radius 2 is 2.17 bits per heavy atom. The van der Waals surface area contributed by atoms with Crippen molar-refractivity contribution in [2.45, 2.75) is 26.2 Å². The van der Waals surface area contributed by atoms with Gasteiger partial charge in [-0.25, -0.2) is 0 Å². The molecule has 0 spiro atoms. The largest absolute Gasteiger partial charge is 0.316 e. The summed E-state index contributed by atoms with van der Waals surface area (Å²) in [7, 11) is 1.97. The van der Waals surface area contributed by atoms with Gasteiger partial charge < -0.3 is 10.2 Å². The SMILES string of the molecule is CC(CNCCc1cnn(C)c1)CN1CCCC1. The van der Waals surface area contributed by atoms with Crippen LogP contribution in [-0.4, -0.2) is 47.4 Å². The summed E-state index contributed by atoms with van der Waals surface area (Å²) in [6.07, 6.45) is 7.90. The van der Waals surface area contributed by atoms with Crippen molar-refractivity contribution < 1.29 is 0 Å². The van der Waals surface area contributed by atoms with Crippen molar-refractivity contribution in [1.82, 2.24) is 20.0 Å². The molecule has 0 amide bonds. The Balaban J connectivity index is 1.54. The van der Waals surface area contributed by atoms with E-state index in [0.717, 1.165) is 25.4 Å². The van der Waals surface area contributed by atoms with E-state index < -0.39 is 0 Å². The summed E-state index contributed by atoms with van der Waals surface area (Å²) in [6.45, 7) is 8.38. The molecule has 1 aromatic rings. The molecule has 1 unspecified atom stereocenters. The number of aryl methyl sites for hydroxylation is 1. The van der Waals surface area contributed by atoms with Crippen LogP contribution in [0.15, 0.2) is 12.4 Å². The quantitative estimate of drug-likeness (QED) is 0.740. The van der Waals surface area contributed by atoms with E-state index in [1.165, 1.54) is 38.0 Å². The van der Waals surface area contributed by atoms with Crippen LogP contribution < -0.4 is 5.32 Å². The van der Waals surface area contributed by atoms with Gasteiger partial charge in [0.25, 0.3) is 0 Å². The van der Waals surface area contributed by atoms with E-state index in [4.69, 9.17) is 0 Å². The number of hydrogen-bond donors (Lipinski definition) is 1. The zero-order chi connectivity index (χ0) is 12.8. The summed E-state index contributed by atoms with van der Waals surface area (Å²) >= 11 is 0. The summed E-state index contributed by atoms with van der Waals surface area (Å²) in [6, 6.07) is 0.